The monoisotopic (exact) mass is 265 g/mol. The summed E-state index contributed by atoms with van der Waals surface area (Å²) in [6.45, 7) is 11.1. The van der Waals surface area contributed by atoms with Crippen LogP contribution in [0.2, 0.25) is 0 Å². The molecule has 0 bridgehead atoms. The number of likely N-dealkylation sites (N-methyl/N-ethyl adjacent to an activating group) is 1. The van der Waals surface area contributed by atoms with Gasteiger partial charge in [0.1, 0.15) is 5.75 Å². The van der Waals surface area contributed by atoms with E-state index in [0.29, 0.717) is 6.61 Å². The number of aryl methyl sites for hydroxylation is 1. The van der Waals surface area contributed by atoms with Crippen molar-refractivity contribution in [2.45, 2.75) is 46.3 Å². The fourth-order valence-corrected chi connectivity index (χ4v) is 2.64. The van der Waals surface area contributed by atoms with Crippen molar-refractivity contribution in [1.82, 2.24) is 5.32 Å². The Labute approximate surface area is 117 Å². The Hall–Kier alpha value is -1.06. The van der Waals surface area contributed by atoms with E-state index in [9.17, 15) is 0 Å². The molecule has 0 aromatic heterocycles. The number of ether oxygens (including phenoxy) is 2. The molecule has 1 aromatic carbocycles. The number of methoxy groups -OCH3 is 1. The van der Waals surface area contributed by atoms with E-state index < -0.39 is 0 Å². The minimum absolute atomic E-state index is 0.0849. The molecule has 1 atom stereocenters. The minimum Gasteiger partial charge on any atom is -0.496 e. The molecule has 1 N–H and O–H groups in total. The largest absolute Gasteiger partial charge is 0.496 e. The highest BCUT2D eigenvalue weighted by atomic mass is 16.5. The van der Waals surface area contributed by atoms with E-state index in [4.69, 9.17) is 9.47 Å². The molecule has 3 heteroatoms. The molecule has 0 aliphatic carbocycles. The topological polar surface area (TPSA) is 30.5 Å². The van der Waals surface area contributed by atoms with Crippen LogP contribution in [0.1, 0.15) is 43.5 Å². The van der Waals surface area contributed by atoms with Gasteiger partial charge in [0.2, 0.25) is 0 Å². The highest BCUT2D eigenvalue weighted by molar-refractivity contribution is 5.47. The Morgan fingerprint density at radius 2 is 1.89 bits per heavy atom. The average molecular weight is 265 g/mol. The predicted octanol–water partition coefficient (Wildman–Crippen LogP) is 3.39. The maximum Gasteiger partial charge on any atom is 0.126 e. The molecule has 0 heterocycles. The lowest BCUT2D eigenvalue weighted by atomic mass is 9.89. The zero-order valence-corrected chi connectivity index (χ0v) is 13.3. The summed E-state index contributed by atoms with van der Waals surface area (Å²) in [6.07, 6.45) is 0. The van der Waals surface area contributed by atoms with E-state index in [-0.39, 0.29) is 11.6 Å². The van der Waals surface area contributed by atoms with E-state index in [1.165, 1.54) is 11.1 Å². The van der Waals surface area contributed by atoms with Gasteiger partial charge in [-0.1, -0.05) is 12.1 Å². The van der Waals surface area contributed by atoms with Gasteiger partial charge in [-0.2, -0.15) is 0 Å². The van der Waals surface area contributed by atoms with Gasteiger partial charge in [0.15, 0.2) is 0 Å². The third kappa shape index (κ3) is 3.28. The van der Waals surface area contributed by atoms with Crippen LogP contribution >= 0.6 is 0 Å². The zero-order chi connectivity index (χ0) is 14.6. The Morgan fingerprint density at radius 1 is 1.26 bits per heavy atom. The third-order valence-corrected chi connectivity index (χ3v) is 3.72. The van der Waals surface area contributed by atoms with Gasteiger partial charge >= 0.3 is 0 Å². The van der Waals surface area contributed by atoms with Gasteiger partial charge in [-0.25, -0.2) is 0 Å². The Bertz CT molecular complexity index is 427. The second-order valence-corrected chi connectivity index (χ2v) is 5.39. The summed E-state index contributed by atoms with van der Waals surface area (Å²) in [7, 11) is 3.69. The summed E-state index contributed by atoms with van der Waals surface area (Å²) in [5.74, 6) is 0.951. The van der Waals surface area contributed by atoms with Crippen molar-refractivity contribution >= 4 is 0 Å². The van der Waals surface area contributed by atoms with E-state index in [2.05, 4.69) is 45.1 Å². The third-order valence-electron chi connectivity index (χ3n) is 3.72. The fourth-order valence-electron chi connectivity index (χ4n) is 2.64. The molecule has 0 amide bonds. The van der Waals surface area contributed by atoms with Crippen molar-refractivity contribution in [3.8, 4) is 5.75 Å². The summed E-state index contributed by atoms with van der Waals surface area (Å²) in [5.41, 5.74) is 3.28. The van der Waals surface area contributed by atoms with Crippen molar-refractivity contribution in [3.05, 3.63) is 28.8 Å². The molecule has 1 unspecified atom stereocenters. The number of benzene rings is 1. The first-order valence-electron chi connectivity index (χ1n) is 6.84. The normalized spacial score (nSPS) is 13.4. The van der Waals surface area contributed by atoms with Crippen LogP contribution < -0.4 is 10.1 Å². The summed E-state index contributed by atoms with van der Waals surface area (Å²) in [5, 5.41) is 3.36. The molecule has 0 aliphatic heterocycles. The van der Waals surface area contributed by atoms with Crippen LogP contribution in [-0.2, 0) is 4.74 Å². The van der Waals surface area contributed by atoms with E-state index >= 15 is 0 Å². The Kier molecular flexibility index (Phi) is 5.39. The number of hydrogen-bond acceptors (Lipinski definition) is 3. The maximum absolute atomic E-state index is 5.89. The highest BCUT2D eigenvalue weighted by Crippen LogP contribution is 2.37. The first kappa shape index (κ1) is 16.0. The van der Waals surface area contributed by atoms with Gasteiger partial charge in [-0.05, 0) is 52.8 Å². The summed E-state index contributed by atoms with van der Waals surface area (Å²) < 4.78 is 11.5. The lowest BCUT2D eigenvalue weighted by molar-refractivity contribution is -0.0379. The summed E-state index contributed by atoms with van der Waals surface area (Å²) >= 11 is 0. The molecular formula is C16H27NO2. The van der Waals surface area contributed by atoms with Gasteiger partial charge in [0.05, 0.1) is 18.8 Å². The molecule has 19 heavy (non-hydrogen) atoms. The average Bonchev–Trinajstić information content (AvgIpc) is 2.34. The van der Waals surface area contributed by atoms with Gasteiger partial charge in [0.25, 0.3) is 0 Å². The molecule has 0 spiro atoms. The van der Waals surface area contributed by atoms with Crippen LogP contribution in [0.15, 0.2) is 12.1 Å². The second kappa shape index (κ2) is 6.40. The molecule has 0 aliphatic rings. The van der Waals surface area contributed by atoms with Gasteiger partial charge in [-0.3, -0.25) is 0 Å². The standard InChI is InChI=1S/C16H27NO2/c1-8-19-16(4,5)15(17-6)13-10-9-11(2)12(3)14(13)18-7/h9-10,15,17H,8H2,1-7H3. The lowest BCUT2D eigenvalue weighted by Gasteiger charge is -2.35. The molecule has 108 valence electrons. The van der Waals surface area contributed by atoms with Crippen molar-refractivity contribution in [3.63, 3.8) is 0 Å². The molecule has 3 nitrogen and oxygen atoms in total. The highest BCUT2D eigenvalue weighted by Gasteiger charge is 2.32. The van der Waals surface area contributed by atoms with Crippen LogP contribution in [0.5, 0.6) is 5.75 Å². The number of nitrogens with one attached hydrogen (secondary N) is 1. The van der Waals surface area contributed by atoms with Gasteiger partial charge < -0.3 is 14.8 Å². The van der Waals surface area contributed by atoms with Crippen molar-refractivity contribution < 1.29 is 9.47 Å². The molecule has 0 radical (unpaired) electrons. The smallest absolute Gasteiger partial charge is 0.126 e. The Morgan fingerprint density at radius 3 is 2.37 bits per heavy atom. The molecule has 0 fully saturated rings. The first-order valence-corrected chi connectivity index (χ1v) is 6.84. The van der Waals surface area contributed by atoms with E-state index in [1.54, 1.807) is 7.11 Å². The predicted molar refractivity (Wildman–Crippen MR) is 80.0 cm³/mol. The SMILES string of the molecule is CCOC(C)(C)C(NC)c1ccc(C)c(C)c1OC. The summed E-state index contributed by atoms with van der Waals surface area (Å²) in [4.78, 5) is 0. The van der Waals surface area contributed by atoms with Crippen molar-refractivity contribution in [1.29, 1.82) is 0 Å². The van der Waals surface area contributed by atoms with Crippen molar-refractivity contribution in [2.24, 2.45) is 0 Å². The molecule has 1 rings (SSSR count). The Balaban J connectivity index is 3.30. The van der Waals surface area contributed by atoms with Crippen LogP contribution in [0.25, 0.3) is 0 Å². The molecule has 0 saturated heterocycles. The quantitative estimate of drug-likeness (QED) is 0.855. The molecule has 1 aromatic rings. The van der Waals surface area contributed by atoms with Crippen molar-refractivity contribution in [2.75, 3.05) is 20.8 Å². The molecule has 0 saturated carbocycles. The zero-order valence-electron chi connectivity index (χ0n) is 13.3. The minimum atomic E-state index is -0.293. The van der Waals surface area contributed by atoms with Crippen LogP contribution in [0, 0.1) is 13.8 Å². The van der Waals surface area contributed by atoms with Crippen LogP contribution in [-0.4, -0.2) is 26.4 Å². The lowest BCUT2D eigenvalue weighted by Crippen LogP contribution is -2.40. The number of hydrogen-bond donors (Lipinski definition) is 1. The summed E-state index contributed by atoms with van der Waals surface area (Å²) in [6, 6.07) is 4.35. The van der Waals surface area contributed by atoms with Crippen LogP contribution in [0.4, 0.5) is 0 Å². The first-order chi connectivity index (χ1) is 8.88. The van der Waals surface area contributed by atoms with Gasteiger partial charge in [-0.15, -0.1) is 0 Å². The number of rotatable bonds is 6. The fraction of sp³-hybridized carbons (Fsp3) is 0.625. The van der Waals surface area contributed by atoms with Gasteiger partial charge in [0, 0.05) is 12.2 Å². The van der Waals surface area contributed by atoms with E-state index in [0.717, 1.165) is 11.3 Å². The van der Waals surface area contributed by atoms with Crippen LogP contribution in [0.3, 0.4) is 0 Å². The maximum atomic E-state index is 5.89. The second-order valence-electron chi connectivity index (χ2n) is 5.39. The van der Waals surface area contributed by atoms with E-state index in [1.807, 2.05) is 14.0 Å². The molecular weight excluding hydrogens is 238 g/mol.